The molecule has 1 amide bonds. The molecule has 4 nitrogen and oxygen atoms in total. The molecule has 0 atom stereocenters. The Balaban J connectivity index is 1.73. The van der Waals surface area contributed by atoms with Crippen molar-refractivity contribution >= 4 is 19.4 Å². The van der Waals surface area contributed by atoms with E-state index in [2.05, 4.69) is 36.9 Å². The third-order valence-corrected chi connectivity index (χ3v) is 4.47. The zero-order valence-corrected chi connectivity index (χ0v) is 14.0. The van der Waals surface area contributed by atoms with Gasteiger partial charge < -0.3 is 14.7 Å². The lowest BCUT2D eigenvalue weighted by Gasteiger charge is -2.29. The van der Waals surface area contributed by atoms with Crippen LogP contribution in [0.25, 0.3) is 0 Å². The molecule has 1 aromatic rings. The van der Waals surface area contributed by atoms with Gasteiger partial charge in [-0.25, -0.2) is 0 Å². The first kappa shape index (κ1) is 15.7. The minimum atomic E-state index is 0.0727. The lowest BCUT2D eigenvalue weighted by atomic mass is 9.92. The molecule has 2 radical (unpaired) electrons. The normalized spacial score (nSPS) is 18.1. The minimum absolute atomic E-state index is 0.0727. The monoisotopic (exact) mass is 307 g/mol. The molecule has 0 spiro atoms. The molecule has 5 heteroatoms. The van der Waals surface area contributed by atoms with Crippen LogP contribution in [-0.4, -0.2) is 56.9 Å². The molecule has 0 saturated carbocycles. The van der Waals surface area contributed by atoms with Crippen LogP contribution in [0.3, 0.4) is 0 Å². The van der Waals surface area contributed by atoms with E-state index in [1.54, 1.807) is 0 Å². The van der Waals surface area contributed by atoms with Crippen molar-refractivity contribution < 1.29 is 4.79 Å². The van der Waals surface area contributed by atoms with Gasteiger partial charge in [-0.1, -0.05) is 29.2 Å². The van der Waals surface area contributed by atoms with E-state index in [4.69, 9.17) is 7.85 Å². The highest BCUT2D eigenvalue weighted by Gasteiger charge is 2.29. The van der Waals surface area contributed by atoms with Gasteiger partial charge in [0.2, 0.25) is 0 Å². The highest BCUT2D eigenvalue weighted by atomic mass is 16.2. The maximum absolute atomic E-state index is 12.8. The number of carbonyl (C=O) groups is 1. The van der Waals surface area contributed by atoms with Gasteiger partial charge in [0.1, 0.15) is 13.5 Å². The molecular formula is C18H22BN3O. The molecule has 1 aromatic carbocycles. The van der Waals surface area contributed by atoms with Crippen molar-refractivity contribution in [3.05, 3.63) is 52.6 Å². The number of hydrogen-bond acceptors (Lipinski definition) is 3. The number of aryl methyl sites for hydroxylation is 2. The third kappa shape index (κ3) is 3.14. The molecule has 1 fully saturated rings. The van der Waals surface area contributed by atoms with Crippen LogP contribution >= 0.6 is 0 Å². The van der Waals surface area contributed by atoms with Crippen molar-refractivity contribution in [1.82, 2.24) is 9.80 Å². The molecular weight excluding hydrogens is 285 g/mol. The highest BCUT2D eigenvalue weighted by molar-refractivity contribution is 6.22. The topological polar surface area (TPSA) is 26.8 Å². The molecule has 23 heavy (non-hydrogen) atoms. The zero-order valence-electron chi connectivity index (χ0n) is 14.0. The molecule has 0 N–H and O–H groups in total. The summed E-state index contributed by atoms with van der Waals surface area (Å²) in [6.45, 7) is 7.07. The number of benzene rings is 1. The smallest absolute Gasteiger partial charge is 0.271 e. The summed E-state index contributed by atoms with van der Waals surface area (Å²) < 4.78 is 0. The SMILES string of the molecule is [B]C1=CC=C(C(=O)N2CCN(c3ccc(C)cc3C)C2)N(C)C1. The second kappa shape index (κ2) is 6.15. The van der Waals surface area contributed by atoms with Crippen molar-refractivity contribution in [3.8, 4) is 0 Å². The molecule has 3 rings (SSSR count). The summed E-state index contributed by atoms with van der Waals surface area (Å²) in [5.74, 6) is 0.0727. The Morgan fingerprint density at radius 3 is 2.65 bits per heavy atom. The van der Waals surface area contributed by atoms with Gasteiger partial charge in [-0.2, -0.15) is 0 Å². The van der Waals surface area contributed by atoms with E-state index in [9.17, 15) is 4.79 Å². The fourth-order valence-corrected chi connectivity index (χ4v) is 3.23. The summed E-state index contributed by atoms with van der Waals surface area (Å²) in [5, 5.41) is 0. The standard InChI is InChI=1S/C18H22BN3O/c1-13-4-6-16(14(2)10-13)21-8-9-22(12-21)18(23)17-7-5-15(19)11-20(17)3/h4-7,10H,8-9,11-12H2,1-3H3. The van der Waals surface area contributed by atoms with E-state index in [-0.39, 0.29) is 5.91 Å². The summed E-state index contributed by atoms with van der Waals surface area (Å²) in [5.41, 5.74) is 5.21. The fourth-order valence-electron chi connectivity index (χ4n) is 3.23. The van der Waals surface area contributed by atoms with Crippen LogP contribution in [0.1, 0.15) is 11.1 Å². The molecule has 2 aliphatic rings. The van der Waals surface area contributed by atoms with Gasteiger partial charge in [0.05, 0.1) is 6.67 Å². The number of allylic oxidation sites excluding steroid dienone is 2. The van der Waals surface area contributed by atoms with Gasteiger partial charge in [-0.05, 0) is 31.6 Å². The number of carbonyl (C=O) groups excluding carboxylic acids is 1. The van der Waals surface area contributed by atoms with Crippen molar-refractivity contribution in [2.45, 2.75) is 13.8 Å². The van der Waals surface area contributed by atoms with Crippen LogP contribution in [0.15, 0.2) is 41.5 Å². The number of likely N-dealkylation sites (N-methyl/N-ethyl adjacent to an activating group) is 1. The summed E-state index contributed by atoms with van der Waals surface area (Å²) in [4.78, 5) is 18.8. The van der Waals surface area contributed by atoms with Crippen LogP contribution in [0.4, 0.5) is 5.69 Å². The summed E-state index contributed by atoms with van der Waals surface area (Å²) >= 11 is 0. The Bertz CT molecular complexity index is 696. The van der Waals surface area contributed by atoms with Crippen LogP contribution in [-0.2, 0) is 4.79 Å². The quantitative estimate of drug-likeness (QED) is 0.780. The molecule has 0 aromatic heterocycles. The van der Waals surface area contributed by atoms with E-state index in [0.717, 1.165) is 18.6 Å². The van der Waals surface area contributed by atoms with E-state index >= 15 is 0 Å². The first-order chi connectivity index (χ1) is 11.0. The van der Waals surface area contributed by atoms with Crippen molar-refractivity contribution in [1.29, 1.82) is 0 Å². The molecule has 0 bridgehead atoms. The van der Waals surface area contributed by atoms with Crippen molar-refractivity contribution in [3.63, 3.8) is 0 Å². The van der Waals surface area contributed by atoms with Gasteiger partial charge in [0.25, 0.3) is 5.91 Å². The van der Waals surface area contributed by atoms with Crippen LogP contribution in [0, 0.1) is 13.8 Å². The number of nitrogens with zero attached hydrogens (tertiary/aromatic N) is 3. The van der Waals surface area contributed by atoms with E-state index in [1.807, 2.05) is 29.0 Å². The second-order valence-electron chi connectivity index (χ2n) is 6.41. The van der Waals surface area contributed by atoms with E-state index in [0.29, 0.717) is 18.9 Å². The van der Waals surface area contributed by atoms with E-state index < -0.39 is 0 Å². The molecule has 1 saturated heterocycles. The Hall–Kier alpha value is -2.17. The average Bonchev–Trinajstić information content (AvgIpc) is 2.96. The van der Waals surface area contributed by atoms with Crippen LogP contribution < -0.4 is 4.90 Å². The molecule has 118 valence electrons. The maximum Gasteiger partial charge on any atom is 0.271 e. The van der Waals surface area contributed by atoms with Gasteiger partial charge in [0, 0.05) is 32.4 Å². The Morgan fingerprint density at radius 1 is 1.17 bits per heavy atom. The maximum atomic E-state index is 12.8. The fraction of sp³-hybridized carbons (Fsp3) is 0.389. The lowest BCUT2D eigenvalue weighted by molar-refractivity contribution is -0.127. The van der Waals surface area contributed by atoms with Crippen molar-refractivity contribution in [2.75, 3.05) is 38.3 Å². The molecule has 2 aliphatic heterocycles. The average molecular weight is 307 g/mol. The predicted octanol–water partition coefficient (Wildman–Crippen LogP) is 1.79. The summed E-state index contributed by atoms with van der Waals surface area (Å²) in [6, 6.07) is 6.46. The van der Waals surface area contributed by atoms with Crippen molar-refractivity contribution in [2.24, 2.45) is 0 Å². The van der Waals surface area contributed by atoms with Crippen LogP contribution in [0.2, 0.25) is 0 Å². The van der Waals surface area contributed by atoms with Gasteiger partial charge >= 0.3 is 0 Å². The highest BCUT2D eigenvalue weighted by Crippen LogP contribution is 2.25. The lowest BCUT2D eigenvalue weighted by Crippen LogP contribution is -2.38. The van der Waals surface area contributed by atoms with Crippen LogP contribution in [0.5, 0.6) is 0 Å². The number of anilines is 1. The van der Waals surface area contributed by atoms with Gasteiger partial charge in [-0.15, -0.1) is 0 Å². The van der Waals surface area contributed by atoms with E-state index in [1.165, 1.54) is 16.8 Å². The number of amides is 1. The summed E-state index contributed by atoms with van der Waals surface area (Å²) in [7, 11) is 7.71. The Kier molecular flexibility index (Phi) is 4.20. The predicted molar refractivity (Wildman–Crippen MR) is 94.4 cm³/mol. The second-order valence-corrected chi connectivity index (χ2v) is 6.41. The first-order valence-electron chi connectivity index (χ1n) is 7.94. The third-order valence-electron chi connectivity index (χ3n) is 4.47. The van der Waals surface area contributed by atoms with Gasteiger partial charge in [-0.3, -0.25) is 4.79 Å². The molecule has 0 aliphatic carbocycles. The Labute approximate surface area is 139 Å². The largest absolute Gasteiger partial charge is 0.367 e. The Morgan fingerprint density at radius 2 is 1.96 bits per heavy atom. The number of rotatable bonds is 2. The first-order valence-corrected chi connectivity index (χ1v) is 7.94. The summed E-state index contributed by atoms with van der Waals surface area (Å²) in [6.07, 6.45) is 3.64. The molecule has 2 heterocycles. The van der Waals surface area contributed by atoms with Gasteiger partial charge in [0.15, 0.2) is 0 Å². The minimum Gasteiger partial charge on any atom is -0.367 e. The zero-order chi connectivity index (χ0) is 16.6. The molecule has 0 unspecified atom stereocenters. The number of hydrogen-bond donors (Lipinski definition) is 0.